The van der Waals surface area contributed by atoms with Crippen LogP contribution in [0.25, 0.3) is 0 Å². The molecule has 0 saturated heterocycles. The van der Waals surface area contributed by atoms with Crippen molar-refractivity contribution in [1.29, 1.82) is 0 Å². The number of halogens is 1. The van der Waals surface area contributed by atoms with Crippen molar-refractivity contribution in [3.05, 3.63) is 60.7 Å². The molecule has 2 aromatic rings. The van der Waals surface area contributed by atoms with Gasteiger partial charge in [-0.2, -0.15) is 0 Å². The molecule has 0 aromatic heterocycles. The maximum absolute atomic E-state index is 12.5. The molecule has 1 atom stereocenters. The van der Waals surface area contributed by atoms with Gasteiger partial charge in [-0.1, -0.05) is 36.4 Å². The highest BCUT2D eigenvalue weighted by Crippen LogP contribution is 2.31. The first kappa shape index (κ1) is 14.4. The Hall–Kier alpha value is -0.970. The van der Waals surface area contributed by atoms with Crippen LogP contribution in [0.5, 0.6) is 0 Å². The molecule has 0 bridgehead atoms. The maximum atomic E-state index is 12.5. The Bertz CT molecular complexity index is 612. The van der Waals surface area contributed by atoms with Crippen LogP contribution in [0.3, 0.4) is 0 Å². The van der Waals surface area contributed by atoms with Crippen molar-refractivity contribution in [2.45, 2.75) is 14.4 Å². The van der Waals surface area contributed by atoms with E-state index in [1.165, 1.54) is 11.8 Å². The number of rotatable bonds is 5. The van der Waals surface area contributed by atoms with Crippen molar-refractivity contribution >= 4 is 33.2 Å². The van der Waals surface area contributed by atoms with Crippen LogP contribution in [0.2, 0.25) is 0 Å². The van der Waals surface area contributed by atoms with Gasteiger partial charge in [-0.3, -0.25) is 0 Å². The zero-order chi connectivity index (χ0) is 13.7. The van der Waals surface area contributed by atoms with E-state index in [1.54, 1.807) is 30.3 Å². The molecule has 0 aliphatic carbocycles. The Morgan fingerprint density at radius 2 is 1.47 bits per heavy atom. The summed E-state index contributed by atoms with van der Waals surface area (Å²) < 4.78 is 24.2. The highest BCUT2D eigenvalue weighted by Gasteiger charge is 2.27. The third-order valence-electron chi connectivity index (χ3n) is 2.55. The predicted molar refractivity (Wildman–Crippen MR) is 80.4 cm³/mol. The molecule has 0 fully saturated rings. The summed E-state index contributed by atoms with van der Waals surface area (Å²) in [5.41, 5.74) is 0. The average molecular weight is 313 g/mol. The number of alkyl halides is 1. The van der Waals surface area contributed by atoms with E-state index in [4.69, 9.17) is 11.6 Å². The van der Waals surface area contributed by atoms with E-state index in [0.29, 0.717) is 4.90 Å². The number of hydrogen-bond donors (Lipinski definition) is 0. The average Bonchev–Trinajstić information content (AvgIpc) is 2.46. The number of thioether (sulfide) groups is 1. The van der Waals surface area contributed by atoms with Gasteiger partial charge in [0, 0.05) is 10.8 Å². The van der Waals surface area contributed by atoms with Crippen LogP contribution < -0.4 is 0 Å². The molecule has 2 aromatic carbocycles. The Kier molecular flexibility index (Phi) is 4.91. The normalized spacial score (nSPS) is 13.1. The van der Waals surface area contributed by atoms with Crippen molar-refractivity contribution in [2.24, 2.45) is 0 Å². The van der Waals surface area contributed by atoms with Gasteiger partial charge in [0.15, 0.2) is 9.84 Å². The van der Waals surface area contributed by atoms with E-state index in [2.05, 4.69) is 0 Å². The zero-order valence-electron chi connectivity index (χ0n) is 10.1. The van der Waals surface area contributed by atoms with Crippen molar-refractivity contribution in [2.75, 3.05) is 5.88 Å². The van der Waals surface area contributed by atoms with Crippen LogP contribution >= 0.6 is 23.4 Å². The maximum Gasteiger partial charge on any atom is 0.192 e. The van der Waals surface area contributed by atoms with Crippen LogP contribution in [0, 0.1) is 0 Å². The van der Waals surface area contributed by atoms with Crippen LogP contribution in [0.1, 0.15) is 0 Å². The van der Waals surface area contributed by atoms with Gasteiger partial charge in [-0.15, -0.1) is 23.4 Å². The summed E-state index contributed by atoms with van der Waals surface area (Å²) in [4.78, 5) is 1.21. The molecule has 100 valence electrons. The SMILES string of the molecule is O=S(=O)(c1ccccc1)C(CCl)Sc1ccccc1. The van der Waals surface area contributed by atoms with Crippen molar-refractivity contribution in [1.82, 2.24) is 0 Å². The predicted octanol–water partition coefficient (Wildman–Crippen LogP) is 3.82. The molecule has 0 aliphatic rings. The van der Waals surface area contributed by atoms with E-state index in [-0.39, 0.29) is 5.88 Å². The summed E-state index contributed by atoms with van der Waals surface area (Å²) in [5.74, 6) is 0.0524. The topological polar surface area (TPSA) is 34.1 Å². The molecule has 1 unspecified atom stereocenters. The van der Waals surface area contributed by atoms with Crippen LogP contribution in [-0.2, 0) is 9.84 Å². The minimum atomic E-state index is -3.42. The number of hydrogen-bond acceptors (Lipinski definition) is 3. The summed E-state index contributed by atoms with van der Waals surface area (Å²) in [6.45, 7) is 0. The monoisotopic (exact) mass is 312 g/mol. The fraction of sp³-hybridized carbons (Fsp3) is 0.143. The van der Waals surface area contributed by atoms with Crippen LogP contribution in [0.15, 0.2) is 70.5 Å². The summed E-state index contributed by atoms with van der Waals surface area (Å²) in [6.07, 6.45) is 0. The van der Waals surface area contributed by atoms with Gasteiger partial charge in [0.25, 0.3) is 0 Å². The molecule has 0 radical (unpaired) electrons. The molecule has 2 rings (SSSR count). The van der Waals surface area contributed by atoms with Gasteiger partial charge in [0.05, 0.1) is 4.90 Å². The highest BCUT2D eigenvalue weighted by atomic mass is 35.5. The molecule has 0 aliphatic heterocycles. The van der Waals surface area contributed by atoms with Gasteiger partial charge >= 0.3 is 0 Å². The molecular weight excluding hydrogens is 300 g/mol. The minimum absolute atomic E-state index is 0.0524. The summed E-state index contributed by atoms with van der Waals surface area (Å²) in [5, 5.41) is 0. The second-order valence-electron chi connectivity index (χ2n) is 3.87. The molecule has 0 spiro atoms. The van der Waals surface area contributed by atoms with Crippen molar-refractivity contribution < 1.29 is 8.42 Å². The summed E-state index contributed by atoms with van der Waals surface area (Å²) >= 11 is 7.12. The van der Waals surface area contributed by atoms with E-state index >= 15 is 0 Å². The van der Waals surface area contributed by atoms with E-state index in [9.17, 15) is 8.42 Å². The summed E-state index contributed by atoms with van der Waals surface area (Å²) in [6, 6.07) is 17.8. The smallest absolute Gasteiger partial charge is 0.192 e. The number of benzene rings is 2. The highest BCUT2D eigenvalue weighted by molar-refractivity contribution is 8.13. The third kappa shape index (κ3) is 3.53. The lowest BCUT2D eigenvalue weighted by molar-refractivity contribution is 0.595. The molecular formula is C14H13ClO2S2. The Morgan fingerprint density at radius 3 is 2.00 bits per heavy atom. The number of sulfone groups is 1. The molecule has 0 saturated carbocycles. The fourth-order valence-electron chi connectivity index (χ4n) is 1.59. The van der Waals surface area contributed by atoms with Crippen LogP contribution in [0.4, 0.5) is 0 Å². The summed E-state index contributed by atoms with van der Waals surface area (Å²) in [7, 11) is -3.42. The second kappa shape index (κ2) is 6.46. The van der Waals surface area contributed by atoms with Gasteiger partial charge in [-0.25, -0.2) is 8.42 Å². The van der Waals surface area contributed by atoms with Crippen molar-refractivity contribution in [3.63, 3.8) is 0 Å². The lowest BCUT2D eigenvalue weighted by atomic mass is 10.4. The minimum Gasteiger partial charge on any atom is -0.222 e. The molecule has 19 heavy (non-hydrogen) atoms. The first-order valence-electron chi connectivity index (χ1n) is 5.71. The molecule has 5 heteroatoms. The van der Waals surface area contributed by atoms with E-state index in [0.717, 1.165) is 4.90 Å². The second-order valence-corrected chi connectivity index (χ2v) is 7.89. The van der Waals surface area contributed by atoms with E-state index in [1.807, 2.05) is 30.3 Å². The standard InChI is InChI=1S/C14H13ClO2S2/c15-11-14(18-12-7-3-1-4-8-12)19(16,17)13-9-5-2-6-10-13/h1-10,14H,11H2. The first-order valence-corrected chi connectivity index (χ1v) is 8.67. The Balaban J connectivity index is 2.27. The molecule has 2 nitrogen and oxygen atoms in total. The largest absolute Gasteiger partial charge is 0.222 e. The molecule has 0 amide bonds. The lowest BCUT2D eigenvalue weighted by Crippen LogP contribution is -2.19. The third-order valence-corrected chi connectivity index (χ3v) is 7.04. The van der Waals surface area contributed by atoms with Gasteiger partial charge in [-0.05, 0) is 24.3 Å². The zero-order valence-corrected chi connectivity index (χ0v) is 12.5. The fourth-order valence-corrected chi connectivity index (χ4v) is 5.14. The van der Waals surface area contributed by atoms with Crippen molar-refractivity contribution in [3.8, 4) is 0 Å². The van der Waals surface area contributed by atoms with Gasteiger partial charge in [0.1, 0.15) is 4.58 Å². The Labute approximate surface area is 122 Å². The van der Waals surface area contributed by atoms with Crippen LogP contribution in [-0.4, -0.2) is 18.9 Å². The molecule has 0 N–H and O–H groups in total. The molecule has 0 heterocycles. The van der Waals surface area contributed by atoms with Gasteiger partial charge < -0.3 is 0 Å². The first-order chi connectivity index (χ1) is 9.14. The van der Waals surface area contributed by atoms with E-state index < -0.39 is 14.4 Å². The van der Waals surface area contributed by atoms with Gasteiger partial charge in [0.2, 0.25) is 0 Å². The quantitative estimate of drug-likeness (QED) is 0.622. The lowest BCUT2D eigenvalue weighted by Gasteiger charge is -2.14. The Morgan fingerprint density at radius 1 is 0.947 bits per heavy atom.